The van der Waals surface area contributed by atoms with Crippen molar-refractivity contribution in [2.24, 2.45) is 5.73 Å². The van der Waals surface area contributed by atoms with Crippen LogP contribution in [0.25, 0.3) is 0 Å². The highest BCUT2D eigenvalue weighted by atomic mass is 35.5. The summed E-state index contributed by atoms with van der Waals surface area (Å²) in [4.78, 5) is 3.60. The van der Waals surface area contributed by atoms with Gasteiger partial charge in [-0.15, -0.1) is 24.8 Å². The van der Waals surface area contributed by atoms with Crippen LogP contribution in [0.1, 0.15) is 17.5 Å². The first-order chi connectivity index (χ1) is 7.05. The van der Waals surface area contributed by atoms with Gasteiger partial charge in [-0.25, -0.2) is 0 Å². The van der Waals surface area contributed by atoms with E-state index in [-0.39, 0.29) is 30.4 Å². The molecule has 0 atom stereocenters. The standard InChI is InChI=1S/C10H9F3N2.2ClH/c11-10(12,13)9-4-6-15-7-8(9)3-1-2-5-14;;/h4,6-7H,2,5,14H2;2*1H. The van der Waals surface area contributed by atoms with E-state index >= 15 is 0 Å². The van der Waals surface area contributed by atoms with Crippen LogP contribution in [0.15, 0.2) is 18.5 Å². The molecule has 0 spiro atoms. The number of nitrogens with zero attached hydrogens (tertiary/aromatic N) is 1. The van der Waals surface area contributed by atoms with Crippen LogP contribution >= 0.6 is 24.8 Å². The molecule has 0 fully saturated rings. The maximum absolute atomic E-state index is 12.4. The number of hydrogen-bond donors (Lipinski definition) is 1. The third kappa shape index (κ3) is 5.78. The maximum Gasteiger partial charge on any atom is 0.417 e. The molecule has 1 aromatic rings. The van der Waals surface area contributed by atoms with Crippen LogP contribution in [0, 0.1) is 11.8 Å². The van der Waals surface area contributed by atoms with Crippen LogP contribution in [0.5, 0.6) is 0 Å². The number of pyridine rings is 1. The summed E-state index contributed by atoms with van der Waals surface area (Å²) in [5.41, 5.74) is 4.30. The topological polar surface area (TPSA) is 38.9 Å². The maximum atomic E-state index is 12.4. The van der Waals surface area contributed by atoms with Crippen LogP contribution in [-0.4, -0.2) is 11.5 Å². The summed E-state index contributed by atoms with van der Waals surface area (Å²) < 4.78 is 37.3. The number of rotatable bonds is 1. The van der Waals surface area contributed by atoms with Gasteiger partial charge in [0, 0.05) is 25.4 Å². The Hall–Kier alpha value is -0.960. The Balaban J connectivity index is 0. The number of halogens is 5. The zero-order chi connectivity index (χ0) is 11.3. The first-order valence-corrected chi connectivity index (χ1v) is 4.26. The molecule has 0 aromatic carbocycles. The van der Waals surface area contributed by atoms with Gasteiger partial charge in [-0.2, -0.15) is 13.2 Å². The minimum Gasteiger partial charge on any atom is -0.330 e. The quantitative estimate of drug-likeness (QED) is 0.806. The van der Waals surface area contributed by atoms with Crippen molar-refractivity contribution in [1.82, 2.24) is 4.98 Å². The first kappa shape index (κ1) is 18.4. The molecule has 0 unspecified atom stereocenters. The second-order valence-corrected chi connectivity index (χ2v) is 2.76. The zero-order valence-electron chi connectivity index (χ0n) is 8.62. The van der Waals surface area contributed by atoms with Crippen molar-refractivity contribution >= 4 is 24.8 Å². The largest absolute Gasteiger partial charge is 0.417 e. The zero-order valence-corrected chi connectivity index (χ0v) is 10.3. The Morgan fingerprint density at radius 3 is 2.47 bits per heavy atom. The predicted molar refractivity (Wildman–Crippen MR) is 64.3 cm³/mol. The molecule has 0 aliphatic rings. The van der Waals surface area contributed by atoms with Gasteiger partial charge in [0.2, 0.25) is 0 Å². The highest BCUT2D eigenvalue weighted by molar-refractivity contribution is 5.85. The molecular weight excluding hydrogens is 276 g/mol. The van der Waals surface area contributed by atoms with E-state index in [1.54, 1.807) is 0 Å². The fourth-order valence-corrected chi connectivity index (χ4v) is 0.971. The van der Waals surface area contributed by atoms with Gasteiger partial charge in [0.25, 0.3) is 0 Å². The van der Waals surface area contributed by atoms with Gasteiger partial charge in [0.15, 0.2) is 0 Å². The molecule has 1 heterocycles. The molecule has 0 amide bonds. The summed E-state index contributed by atoms with van der Waals surface area (Å²) in [6.45, 7) is 0.328. The van der Waals surface area contributed by atoms with Crippen LogP contribution in [0.3, 0.4) is 0 Å². The summed E-state index contributed by atoms with van der Waals surface area (Å²) in [5, 5.41) is 0. The molecule has 1 aromatic heterocycles. The number of aromatic nitrogens is 1. The number of nitrogens with two attached hydrogens (primary N) is 1. The average molecular weight is 287 g/mol. The third-order valence-corrected chi connectivity index (χ3v) is 1.62. The molecule has 7 heteroatoms. The van der Waals surface area contributed by atoms with Crippen molar-refractivity contribution < 1.29 is 13.2 Å². The number of alkyl halides is 3. The van der Waals surface area contributed by atoms with E-state index in [1.807, 2.05) is 0 Å². The van der Waals surface area contributed by atoms with Crippen molar-refractivity contribution in [3.8, 4) is 11.8 Å². The minimum atomic E-state index is -4.39. The van der Waals surface area contributed by atoms with E-state index in [1.165, 1.54) is 0 Å². The fourth-order valence-electron chi connectivity index (χ4n) is 0.971. The average Bonchev–Trinajstić information content (AvgIpc) is 2.17. The summed E-state index contributed by atoms with van der Waals surface area (Å²) in [5.74, 6) is 4.96. The SMILES string of the molecule is Cl.Cl.NCCC#Cc1cnccc1C(F)(F)F. The van der Waals surface area contributed by atoms with E-state index in [0.717, 1.165) is 18.5 Å². The molecule has 0 saturated heterocycles. The van der Waals surface area contributed by atoms with E-state index in [9.17, 15) is 13.2 Å². The van der Waals surface area contributed by atoms with Gasteiger partial charge >= 0.3 is 6.18 Å². The monoisotopic (exact) mass is 286 g/mol. The van der Waals surface area contributed by atoms with Crippen molar-refractivity contribution in [1.29, 1.82) is 0 Å². The Morgan fingerprint density at radius 2 is 1.94 bits per heavy atom. The predicted octanol–water partition coefficient (Wildman–Crippen LogP) is 2.64. The first-order valence-electron chi connectivity index (χ1n) is 4.26. The lowest BCUT2D eigenvalue weighted by Gasteiger charge is -2.07. The molecule has 0 aliphatic heterocycles. The van der Waals surface area contributed by atoms with Gasteiger partial charge in [-0.3, -0.25) is 4.98 Å². The Kier molecular flexibility index (Phi) is 8.85. The highest BCUT2D eigenvalue weighted by Gasteiger charge is 2.32. The molecule has 2 N–H and O–H groups in total. The fraction of sp³-hybridized carbons (Fsp3) is 0.300. The van der Waals surface area contributed by atoms with E-state index < -0.39 is 11.7 Å². The number of hydrogen-bond acceptors (Lipinski definition) is 2. The van der Waals surface area contributed by atoms with E-state index in [0.29, 0.717) is 13.0 Å². The molecule has 17 heavy (non-hydrogen) atoms. The molecule has 1 rings (SSSR count). The molecule has 0 saturated carbocycles. The van der Waals surface area contributed by atoms with Gasteiger partial charge in [0.1, 0.15) is 0 Å². The van der Waals surface area contributed by atoms with Crippen LogP contribution in [0.4, 0.5) is 13.2 Å². The van der Waals surface area contributed by atoms with E-state index in [4.69, 9.17) is 5.73 Å². The van der Waals surface area contributed by atoms with Crippen molar-refractivity contribution in [2.45, 2.75) is 12.6 Å². The van der Waals surface area contributed by atoms with Crippen molar-refractivity contribution in [2.75, 3.05) is 6.54 Å². The second kappa shape index (κ2) is 8.18. The normalized spacial score (nSPS) is 9.41. The summed E-state index contributed by atoms with van der Waals surface area (Å²) in [7, 11) is 0. The van der Waals surface area contributed by atoms with Crippen molar-refractivity contribution in [3.63, 3.8) is 0 Å². The van der Waals surface area contributed by atoms with Crippen LogP contribution < -0.4 is 5.73 Å². The lowest BCUT2D eigenvalue weighted by Crippen LogP contribution is -2.07. The smallest absolute Gasteiger partial charge is 0.330 e. The van der Waals surface area contributed by atoms with Crippen molar-refractivity contribution in [3.05, 3.63) is 29.6 Å². The summed E-state index contributed by atoms with van der Waals surface area (Å²) in [6.07, 6.45) is -1.83. The highest BCUT2D eigenvalue weighted by Crippen LogP contribution is 2.30. The lowest BCUT2D eigenvalue weighted by molar-refractivity contribution is -0.137. The third-order valence-electron chi connectivity index (χ3n) is 1.62. The molecule has 0 radical (unpaired) electrons. The Labute approximate surface area is 110 Å². The van der Waals surface area contributed by atoms with Gasteiger partial charge in [-0.1, -0.05) is 11.8 Å². The van der Waals surface area contributed by atoms with Gasteiger partial charge in [0.05, 0.1) is 11.1 Å². The second-order valence-electron chi connectivity index (χ2n) is 2.76. The molecular formula is C10H11Cl2F3N2. The van der Waals surface area contributed by atoms with Crippen LogP contribution in [0.2, 0.25) is 0 Å². The minimum absolute atomic E-state index is 0. The lowest BCUT2D eigenvalue weighted by atomic mass is 10.1. The molecule has 96 valence electrons. The Bertz CT molecular complexity index is 397. The van der Waals surface area contributed by atoms with Crippen LogP contribution in [-0.2, 0) is 6.18 Å². The molecule has 0 aliphatic carbocycles. The summed E-state index contributed by atoms with van der Waals surface area (Å²) in [6, 6.07) is 0.909. The van der Waals surface area contributed by atoms with E-state index in [2.05, 4.69) is 16.8 Å². The summed E-state index contributed by atoms with van der Waals surface area (Å²) >= 11 is 0. The Morgan fingerprint density at radius 1 is 1.29 bits per heavy atom. The van der Waals surface area contributed by atoms with Gasteiger partial charge < -0.3 is 5.73 Å². The molecule has 0 bridgehead atoms. The molecule has 2 nitrogen and oxygen atoms in total. The van der Waals surface area contributed by atoms with Gasteiger partial charge in [-0.05, 0) is 6.07 Å².